The van der Waals surface area contributed by atoms with Gasteiger partial charge in [-0.1, -0.05) is 0 Å². The van der Waals surface area contributed by atoms with Crippen molar-refractivity contribution in [1.82, 2.24) is 0 Å². The van der Waals surface area contributed by atoms with Crippen LogP contribution in [-0.2, 0) is 23.3 Å². The maximum atomic E-state index is 10.5. The van der Waals surface area contributed by atoms with Crippen LogP contribution in [0, 0.1) is 0 Å². The number of ether oxygens (including phenoxy) is 3. The first-order chi connectivity index (χ1) is 9.06. The Morgan fingerprint density at radius 2 is 1.32 bits per heavy atom. The van der Waals surface area contributed by atoms with Gasteiger partial charge in [0.25, 0.3) is 0 Å². The largest absolute Gasteiger partial charge is 0.400 e. The summed E-state index contributed by atoms with van der Waals surface area (Å²) >= 11 is 0. The van der Waals surface area contributed by atoms with Crippen LogP contribution in [0.3, 0.4) is 0 Å². The Morgan fingerprint density at radius 1 is 0.842 bits per heavy atom. The minimum absolute atomic E-state index is 0.0973. The van der Waals surface area contributed by atoms with Crippen molar-refractivity contribution in [3.63, 3.8) is 0 Å². The standard InChI is InChI=1S/C10H25N2O6P/c11-3-1-4-15-7-9-17-10-8-16-5-2-6-18-19(12,13)14/h1-11H2,(H3,12,13,14). The van der Waals surface area contributed by atoms with Gasteiger partial charge in [0.2, 0.25) is 0 Å². The molecule has 0 aromatic heterocycles. The molecule has 0 radical (unpaired) electrons. The first kappa shape index (κ1) is 18.9. The quantitative estimate of drug-likeness (QED) is 0.299. The normalized spacial score (nSPS) is 14.5. The van der Waals surface area contributed by atoms with Crippen molar-refractivity contribution in [2.24, 2.45) is 11.2 Å². The highest BCUT2D eigenvalue weighted by atomic mass is 31.2. The fraction of sp³-hybridized carbons (Fsp3) is 1.00. The third-order valence-electron chi connectivity index (χ3n) is 1.95. The molecule has 0 saturated heterocycles. The summed E-state index contributed by atoms with van der Waals surface area (Å²) in [5.74, 6) is 0. The average Bonchev–Trinajstić information content (AvgIpc) is 2.34. The molecule has 116 valence electrons. The van der Waals surface area contributed by atoms with Crippen LogP contribution >= 0.6 is 7.75 Å². The second-order valence-electron chi connectivity index (χ2n) is 3.73. The lowest BCUT2D eigenvalue weighted by molar-refractivity contribution is 0.0125. The number of rotatable bonds is 14. The van der Waals surface area contributed by atoms with Crippen molar-refractivity contribution in [1.29, 1.82) is 0 Å². The average molecular weight is 300 g/mol. The molecule has 0 aliphatic carbocycles. The summed E-state index contributed by atoms with van der Waals surface area (Å²) in [6.45, 7) is 3.84. The zero-order valence-corrected chi connectivity index (χ0v) is 12.1. The molecule has 0 spiro atoms. The fourth-order valence-corrected chi connectivity index (χ4v) is 1.47. The molecule has 0 aromatic rings. The SMILES string of the molecule is NCCCOCCOCCOCCCOP(N)(=O)O. The Morgan fingerprint density at radius 3 is 1.79 bits per heavy atom. The van der Waals surface area contributed by atoms with Gasteiger partial charge in [-0.3, -0.25) is 4.52 Å². The lowest BCUT2D eigenvalue weighted by Gasteiger charge is -2.07. The third-order valence-corrected chi connectivity index (χ3v) is 2.50. The van der Waals surface area contributed by atoms with E-state index in [1.807, 2.05) is 0 Å². The summed E-state index contributed by atoms with van der Waals surface area (Å²) in [6, 6.07) is 0. The molecule has 0 bridgehead atoms. The lowest BCUT2D eigenvalue weighted by atomic mass is 10.5. The summed E-state index contributed by atoms with van der Waals surface area (Å²) < 4.78 is 30.7. The van der Waals surface area contributed by atoms with Crippen LogP contribution in [0.5, 0.6) is 0 Å². The Labute approximate surface area is 113 Å². The van der Waals surface area contributed by atoms with Crippen LogP contribution < -0.4 is 11.2 Å². The minimum Gasteiger partial charge on any atom is -0.379 e. The van der Waals surface area contributed by atoms with E-state index in [-0.39, 0.29) is 6.61 Å². The summed E-state index contributed by atoms with van der Waals surface area (Å²) in [5.41, 5.74) is 10.1. The van der Waals surface area contributed by atoms with Gasteiger partial charge in [0.15, 0.2) is 0 Å². The highest BCUT2D eigenvalue weighted by molar-refractivity contribution is 7.50. The summed E-state index contributed by atoms with van der Waals surface area (Å²) in [5, 5.41) is 0. The van der Waals surface area contributed by atoms with E-state index in [4.69, 9.17) is 30.3 Å². The van der Waals surface area contributed by atoms with Crippen LogP contribution in [0.1, 0.15) is 12.8 Å². The highest BCUT2D eigenvalue weighted by Crippen LogP contribution is 2.30. The molecule has 1 unspecified atom stereocenters. The van der Waals surface area contributed by atoms with Gasteiger partial charge in [-0.15, -0.1) is 0 Å². The van der Waals surface area contributed by atoms with E-state index in [9.17, 15) is 4.57 Å². The molecule has 1 atom stereocenters. The molecule has 0 heterocycles. The molecule has 0 amide bonds. The smallest absolute Gasteiger partial charge is 0.379 e. The maximum absolute atomic E-state index is 10.5. The zero-order valence-electron chi connectivity index (χ0n) is 11.2. The van der Waals surface area contributed by atoms with Crippen molar-refractivity contribution in [3.05, 3.63) is 0 Å². The third kappa shape index (κ3) is 17.9. The summed E-state index contributed by atoms with van der Waals surface area (Å²) in [4.78, 5) is 8.63. The fourth-order valence-electron chi connectivity index (χ4n) is 1.08. The number of hydrogen-bond donors (Lipinski definition) is 3. The first-order valence-corrected chi connectivity index (χ1v) is 7.90. The van der Waals surface area contributed by atoms with Gasteiger partial charge in [0.05, 0.1) is 33.0 Å². The van der Waals surface area contributed by atoms with Gasteiger partial charge < -0.3 is 24.8 Å². The first-order valence-electron chi connectivity index (χ1n) is 6.25. The van der Waals surface area contributed by atoms with E-state index < -0.39 is 7.75 Å². The topological polar surface area (TPSA) is 126 Å². The van der Waals surface area contributed by atoms with Crippen LogP contribution in [0.25, 0.3) is 0 Å². The van der Waals surface area contributed by atoms with Crippen molar-refractivity contribution < 1.29 is 28.2 Å². The van der Waals surface area contributed by atoms with E-state index in [0.717, 1.165) is 6.42 Å². The van der Waals surface area contributed by atoms with Gasteiger partial charge in [0.1, 0.15) is 0 Å². The second-order valence-corrected chi connectivity index (χ2v) is 5.12. The zero-order chi connectivity index (χ0) is 14.4. The molecule has 9 heteroatoms. The molecule has 0 aliphatic heterocycles. The highest BCUT2D eigenvalue weighted by Gasteiger charge is 2.09. The van der Waals surface area contributed by atoms with Gasteiger partial charge in [-0.2, -0.15) is 0 Å². The van der Waals surface area contributed by atoms with Crippen molar-refractivity contribution in [2.75, 3.05) is 52.8 Å². The second kappa shape index (κ2) is 13.0. The minimum atomic E-state index is -3.85. The predicted octanol–water partition coefficient (Wildman–Crippen LogP) is -0.149. The Kier molecular flexibility index (Phi) is 12.9. The molecule has 0 saturated carbocycles. The molecule has 19 heavy (non-hydrogen) atoms. The Bertz CT molecular complexity index is 238. The van der Waals surface area contributed by atoms with E-state index >= 15 is 0 Å². The van der Waals surface area contributed by atoms with E-state index in [2.05, 4.69) is 4.52 Å². The van der Waals surface area contributed by atoms with Crippen LogP contribution in [0.2, 0.25) is 0 Å². The van der Waals surface area contributed by atoms with Crippen molar-refractivity contribution in [3.8, 4) is 0 Å². The van der Waals surface area contributed by atoms with Crippen LogP contribution in [-0.4, -0.2) is 57.7 Å². The molecule has 0 fully saturated rings. The van der Waals surface area contributed by atoms with Gasteiger partial charge in [-0.05, 0) is 19.4 Å². The van der Waals surface area contributed by atoms with E-state index in [1.54, 1.807) is 0 Å². The monoisotopic (exact) mass is 300 g/mol. The lowest BCUT2D eigenvalue weighted by Crippen LogP contribution is -2.12. The Balaban J connectivity index is 3.01. The van der Waals surface area contributed by atoms with Crippen molar-refractivity contribution in [2.45, 2.75) is 12.8 Å². The molecule has 0 rings (SSSR count). The maximum Gasteiger partial charge on any atom is 0.400 e. The Hall–Kier alpha value is -0.0500. The van der Waals surface area contributed by atoms with Crippen molar-refractivity contribution >= 4 is 7.75 Å². The molecule has 0 aromatic carbocycles. The van der Waals surface area contributed by atoms with Gasteiger partial charge >= 0.3 is 7.75 Å². The molecule has 8 nitrogen and oxygen atoms in total. The van der Waals surface area contributed by atoms with Crippen LogP contribution in [0.4, 0.5) is 0 Å². The summed E-state index contributed by atoms with van der Waals surface area (Å²) in [6.07, 6.45) is 1.36. The van der Waals surface area contributed by atoms with Gasteiger partial charge in [-0.25, -0.2) is 10.1 Å². The molecule has 0 aliphatic rings. The van der Waals surface area contributed by atoms with Gasteiger partial charge in [0, 0.05) is 13.2 Å². The van der Waals surface area contributed by atoms with E-state index in [0.29, 0.717) is 52.6 Å². The molecular weight excluding hydrogens is 275 g/mol. The number of hydrogen-bond acceptors (Lipinski definition) is 6. The van der Waals surface area contributed by atoms with Crippen LogP contribution in [0.15, 0.2) is 0 Å². The summed E-state index contributed by atoms with van der Waals surface area (Å²) in [7, 11) is -3.85. The molecular formula is C10H25N2O6P. The van der Waals surface area contributed by atoms with E-state index in [1.165, 1.54) is 0 Å². The predicted molar refractivity (Wildman–Crippen MR) is 70.7 cm³/mol. The number of nitrogens with two attached hydrogens (primary N) is 2. The molecule has 5 N–H and O–H groups in total.